The summed E-state index contributed by atoms with van der Waals surface area (Å²) in [5, 5.41) is 6.67. The highest BCUT2D eigenvalue weighted by Crippen LogP contribution is 2.43. The normalized spacial score (nSPS) is 32.5. The zero-order chi connectivity index (χ0) is 23.6. The summed E-state index contributed by atoms with van der Waals surface area (Å²) in [5.41, 5.74) is 0.139. The number of carbonyl (C=O) groups excluding carboxylic acids is 2. The van der Waals surface area contributed by atoms with Crippen LogP contribution in [0, 0.1) is 0 Å². The zero-order valence-corrected chi connectivity index (χ0v) is 22.6. The SMILES string of the molecule is CC(C)(C)N1C(=O)CCSC12CCCNC2.CC(C)(C)N1CCCC2(C1)NC(=O)CCS2. The first-order valence-corrected chi connectivity index (χ1v) is 14.2. The van der Waals surface area contributed by atoms with Gasteiger partial charge in [-0.05, 0) is 80.3 Å². The van der Waals surface area contributed by atoms with Gasteiger partial charge in [-0.25, -0.2) is 0 Å². The summed E-state index contributed by atoms with van der Waals surface area (Å²) in [7, 11) is 0. The number of rotatable bonds is 0. The second-order valence-corrected chi connectivity index (χ2v) is 14.5. The molecule has 0 bridgehead atoms. The van der Waals surface area contributed by atoms with Crippen molar-refractivity contribution in [3.8, 4) is 0 Å². The van der Waals surface area contributed by atoms with E-state index in [0.717, 1.165) is 50.5 Å². The molecule has 184 valence electrons. The molecule has 0 aromatic heterocycles. The minimum absolute atomic E-state index is 0.000856. The lowest BCUT2D eigenvalue weighted by Gasteiger charge is -2.54. The molecule has 2 amide bonds. The lowest BCUT2D eigenvalue weighted by atomic mass is 9.96. The molecule has 32 heavy (non-hydrogen) atoms. The number of thioether (sulfide) groups is 2. The van der Waals surface area contributed by atoms with E-state index < -0.39 is 0 Å². The maximum Gasteiger partial charge on any atom is 0.224 e. The second-order valence-electron chi connectivity index (χ2n) is 11.6. The van der Waals surface area contributed by atoms with E-state index in [4.69, 9.17) is 0 Å². The van der Waals surface area contributed by atoms with Gasteiger partial charge in [0, 0.05) is 48.5 Å². The van der Waals surface area contributed by atoms with Gasteiger partial charge in [-0.1, -0.05) is 0 Å². The molecule has 2 N–H and O–H groups in total. The fourth-order valence-electron chi connectivity index (χ4n) is 5.40. The fraction of sp³-hybridized carbons (Fsp3) is 0.917. The van der Waals surface area contributed by atoms with Crippen LogP contribution in [0.3, 0.4) is 0 Å². The highest BCUT2D eigenvalue weighted by atomic mass is 32.2. The van der Waals surface area contributed by atoms with Crippen LogP contribution in [0.4, 0.5) is 0 Å². The number of hydrogen-bond donors (Lipinski definition) is 2. The van der Waals surface area contributed by atoms with Crippen LogP contribution in [-0.2, 0) is 9.59 Å². The number of likely N-dealkylation sites (tertiary alicyclic amines) is 1. The highest BCUT2D eigenvalue weighted by Gasteiger charge is 2.48. The fourth-order valence-corrected chi connectivity index (χ4v) is 8.45. The van der Waals surface area contributed by atoms with Crippen molar-refractivity contribution < 1.29 is 9.59 Å². The summed E-state index contributed by atoms with van der Waals surface area (Å²) in [4.78, 5) is 28.4. The monoisotopic (exact) mass is 484 g/mol. The molecular formula is C24H44N4O2S2. The average Bonchev–Trinajstić information content (AvgIpc) is 2.67. The molecule has 4 rings (SSSR count). The third kappa shape index (κ3) is 6.16. The molecule has 4 aliphatic heterocycles. The maximum atomic E-state index is 12.2. The molecule has 4 fully saturated rings. The summed E-state index contributed by atoms with van der Waals surface area (Å²) >= 11 is 3.90. The van der Waals surface area contributed by atoms with Crippen LogP contribution in [0.5, 0.6) is 0 Å². The molecule has 4 aliphatic rings. The second kappa shape index (κ2) is 10.0. The number of nitrogens with zero attached hydrogens (tertiary/aromatic N) is 2. The molecule has 0 radical (unpaired) electrons. The Balaban J connectivity index is 0.000000181. The van der Waals surface area contributed by atoms with Crippen molar-refractivity contribution in [1.29, 1.82) is 0 Å². The Labute approximate surface area is 203 Å². The van der Waals surface area contributed by atoms with E-state index in [1.807, 2.05) is 23.5 Å². The van der Waals surface area contributed by atoms with Crippen LogP contribution in [0.25, 0.3) is 0 Å². The molecule has 4 heterocycles. The minimum atomic E-state index is -0.0659. The topological polar surface area (TPSA) is 64.7 Å². The number of hydrogen-bond acceptors (Lipinski definition) is 6. The Morgan fingerprint density at radius 1 is 0.906 bits per heavy atom. The van der Waals surface area contributed by atoms with Crippen LogP contribution in [0.2, 0.25) is 0 Å². The molecule has 4 saturated heterocycles. The maximum absolute atomic E-state index is 12.2. The third-order valence-corrected chi connectivity index (χ3v) is 9.69. The lowest BCUT2D eigenvalue weighted by molar-refractivity contribution is -0.141. The van der Waals surface area contributed by atoms with Crippen LogP contribution < -0.4 is 10.6 Å². The number of amides is 2. The van der Waals surface area contributed by atoms with Crippen LogP contribution in [-0.4, -0.2) is 80.1 Å². The van der Waals surface area contributed by atoms with E-state index in [1.54, 1.807) is 0 Å². The molecule has 8 heteroatoms. The van der Waals surface area contributed by atoms with Crippen LogP contribution in [0.1, 0.15) is 80.1 Å². The Hall–Kier alpha value is -0.440. The van der Waals surface area contributed by atoms with E-state index in [9.17, 15) is 9.59 Å². The van der Waals surface area contributed by atoms with Crippen molar-refractivity contribution in [2.24, 2.45) is 0 Å². The lowest BCUT2D eigenvalue weighted by Crippen LogP contribution is -2.65. The van der Waals surface area contributed by atoms with Gasteiger partial charge in [0.25, 0.3) is 0 Å². The van der Waals surface area contributed by atoms with Gasteiger partial charge in [-0.15, -0.1) is 23.5 Å². The van der Waals surface area contributed by atoms with Crippen LogP contribution in [0.15, 0.2) is 0 Å². The van der Waals surface area contributed by atoms with Crippen molar-refractivity contribution in [3.63, 3.8) is 0 Å². The molecule has 0 aliphatic carbocycles. The predicted molar refractivity (Wildman–Crippen MR) is 137 cm³/mol. The highest BCUT2D eigenvalue weighted by molar-refractivity contribution is 8.01. The molecule has 2 spiro atoms. The van der Waals surface area contributed by atoms with Crippen molar-refractivity contribution in [2.45, 2.75) is 101 Å². The number of nitrogens with one attached hydrogen (secondary N) is 2. The quantitative estimate of drug-likeness (QED) is 0.547. The Morgan fingerprint density at radius 2 is 1.62 bits per heavy atom. The van der Waals surface area contributed by atoms with Gasteiger partial charge in [0.1, 0.15) is 4.87 Å². The van der Waals surface area contributed by atoms with Crippen molar-refractivity contribution >= 4 is 35.3 Å². The standard InChI is InChI=1S/2C12H22N2OS/c1-11(2,3)14-7-4-6-12(9-14)13-10(15)5-8-16-12;1-11(2,3)14-10(15)5-8-16-12(14)6-4-7-13-9-12/h4-9H2,1-3H3,(H,13,15);13H,4-9H2,1-3H3. The minimum Gasteiger partial charge on any atom is -0.340 e. The van der Waals surface area contributed by atoms with Gasteiger partial charge in [0.2, 0.25) is 11.8 Å². The molecule has 2 unspecified atom stereocenters. The predicted octanol–water partition coefficient (Wildman–Crippen LogP) is 3.66. The van der Waals surface area contributed by atoms with E-state index in [1.165, 1.54) is 12.8 Å². The zero-order valence-electron chi connectivity index (χ0n) is 21.0. The summed E-state index contributed by atoms with van der Waals surface area (Å²) in [6.07, 6.45) is 5.99. The molecule has 6 nitrogen and oxygen atoms in total. The first-order chi connectivity index (χ1) is 14.9. The average molecular weight is 485 g/mol. The van der Waals surface area contributed by atoms with Crippen molar-refractivity contribution in [3.05, 3.63) is 0 Å². The van der Waals surface area contributed by atoms with Gasteiger partial charge >= 0.3 is 0 Å². The first-order valence-electron chi connectivity index (χ1n) is 12.2. The van der Waals surface area contributed by atoms with Gasteiger partial charge in [0.05, 0.1) is 4.87 Å². The molecular weight excluding hydrogens is 440 g/mol. The molecule has 0 aromatic rings. The van der Waals surface area contributed by atoms with E-state index in [2.05, 4.69) is 62.0 Å². The summed E-state index contributed by atoms with van der Waals surface area (Å²) in [6, 6.07) is 0. The molecule has 0 saturated carbocycles. The largest absolute Gasteiger partial charge is 0.340 e. The van der Waals surface area contributed by atoms with E-state index >= 15 is 0 Å². The summed E-state index contributed by atoms with van der Waals surface area (Å²) in [6.45, 7) is 17.4. The summed E-state index contributed by atoms with van der Waals surface area (Å²) < 4.78 is 0. The molecule has 0 aromatic carbocycles. The smallest absolute Gasteiger partial charge is 0.224 e. The number of carbonyl (C=O) groups is 2. The van der Waals surface area contributed by atoms with E-state index in [-0.39, 0.29) is 26.7 Å². The number of piperidine rings is 2. The van der Waals surface area contributed by atoms with Crippen molar-refractivity contribution in [1.82, 2.24) is 20.4 Å². The molecule has 2 atom stereocenters. The first kappa shape index (κ1) is 26.2. The van der Waals surface area contributed by atoms with Gasteiger partial charge in [-0.2, -0.15) is 0 Å². The Bertz CT molecular complexity index is 673. The third-order valence-electron chi connectivity index (χ3n) is 6.81. The van der Waals surface area contributed by atoms with E-state index in [0.29, 0.717) is 18.7 Å². The summed E-state index contributed by atoms with van der Waals surface area (Å²) in [5.74, 6) is 2.51. The van der Waals surface area contributed by atoms with Gasteiger partial charge < -0.3 is 15.5 Å². The van der Waals surface area contributed by atoms with Gasteiger partial charge in [0.15, 0.2) is 0 Å². The van der Waals surface area contributed by atoms with Crippen LogP contribution >= 0.6 is 23.5 Å². The Morgan fingerprint density at radius 3 is 2.22 bits per heavy atom. The van der Waals surface area contributed by atoms with Gasteiger partial charge in [-0.3, -0.25) is 14.5 Å². The van der Waals surface area contributed by atoms with Crippen molar-refractivity contribution in [2.75, 3.05) is 37.7 Å². The Kier molecular flexibility index (Phi) is 8.21.